The van der Waals surface area contributed by atoms with E-state index in [2.05, 4.69) is 21.7 Å². The summed E-state index contributed by atoms with van der Waals surface area (Å²) in [6, 6.07) is 27.8. The zero-order chi connectivity index (χ0) is 37.6. The van der Waals surface area contributed by atoms with Gasteiger partial charge in [-0.05, 0) is 97.5 Å². The Morgan fingerprint density at radius 1 is 0.944 bits per heavy atom. The smallest absolute Gasteiger partial charge is 0.419 e. The number of oxazole rings is 1. The first-order valence-corrected chi connectivity index (χ1v) is 18.5. The van der Waals surface area contributed by atoms with E-state index in [9.17, 15) is 24.6 Å². The Morgan fingerprint density at radius 2 is 1.74 bits per heavy atom. The van der Waals surface area contributed by atoms with Crippen LogP contribution < -0.4 is 27.7 Å². The molecule has 12 heteroatoms. The molecule has 2 aromatic heterocycles. The van der Waals surface area contributed by atoms with Gasteiger partial charge < -0.3 is 35.4 Å². The van der Waals surface area contributed by atoms with Crippen molar-refractivity contribution < 1.29 is 24.2 Å². The lowest BCUT2D eigenvalue weighted by atomic mass is 9.94. The summed E-state index contributed by atoms with van der Waals surface area (Å²) < 4.78 is 13.0. The number of ether oxygens (including phenoxy) is 1. The van der Waals surface area contributed by atoms with Gasteiger partial charge in [-0.2, -0.15) is 0 Å². The van der Waals surface area contributed by atoms with E-state index < -0.39 is 18.0 Å². The molecule has 1 amide bonds. The Bertz CT molecular complexity index is 2360. The number of aromatic hydroxyl groups is 1. The van der Waals surface area contributed by atoms with Gasteiger partial charge in [-0.3, -0.25) is 14.7 Å². The summed E-state index contributed by atoms with van der Waals surface area (Å²) in [6.45, 7) is 1.13. The van der Waals surface area contributed by atoms with Gasteiger partial charge in [0, 0.05) is 42.7 Å². The molecule has 4 aromatic carbocycles. The molecule has 12 nitrogen and oxygen atoms in total. The van der Waals surface area contributed by atoms with Crippen LogP contribution in [0.4, 0.5) is 10.5 Å². The van der Waals surface area contributed by atoms with Crippen molar-refractivity contribution in [3.05, 3.63) is 129 Å². The summed E-state index contributed by atoms with van der Waals surface area (Å²) in [4.78, 5) is 40.2. The van der Waals surface area contributed by atoms with Crippen LogP contribution in [0.5, 0.6) is 5.75 Å². The molecule has 1 aliphatic carbocycles. The minimum absolute atomic E-state index is 0.0644. The number of aliphatic hydroxyl groups excluding tert-OH is 1. The molecule has 54 heavy (non-hydrogen) atoms. The number of aromatic nitrogens is 2. The number of carbonyl (C=O) groups excluding carboxylic acids is 1. The predicted molar refractivity (Wildman–Crippen MR) is 209 cm³/mol. The summed E-state index contributed by atoms with van der Waals surface area (Å²) in [7, 11) is 0. The summed E-state index contributed by atoms with van der Waals surface area (Å²) in [6.07, 6.45) is 4.06. The van der Waals surface area contributed by atoms with Gasteiger partial charge >= 0.3 is 11.8 Å². The number of fused-ring (bicyclic) bond motifs is 2. The molecule has 6 aromatic rings. The number of benzene rings is 4. The third kappa shape index (κ3) is 8.57. The van der Waals surface area contributed by atoms with E-state index in [0.29, 0.717) is 40.8 Å². The zero-order valence-electron chi connectivity index (χ0n) is 29.9. The Morgan fingerprint density at radius 3 is 2.56 bits per heavy atom. The standard InChI is InChI=1S/C42H45N5O7/c43-29-11-13-30(14-12-29)53-41(51)45-34-22-26(9-15-31(34)28-7-2-1-3-8-28)6-4-5-21-47-35-18-10-27(23-38(35)54-42(47)52)24-44-25-37(49)32-16-19-36(48)40-33(32)17-20-39(50)46-40/h1-3,7-10,15-20,22-23,29-30,37,44,48-49H,4-6,11-14,21,24-25,43H2,(H,45,51)(H,46,50)/t29?,30?,37-/m1/s1. The second-order valence-corrected chi connectivity index (χ2v) is 14.0. The summed E-state index contributed by atoms with van der Waals surface area (Å²) in [5.41, 5.74) is 12.3. The molecule has 0 unspecified atom stereocenters. The number of anilines is 1. The van der Waals surface area contributed by atoms with Crippen LogP contribution in [-0.4, -0.2) is 44.5 Å². The molecule has 280 valence electrons. The lowest BCUT2D eigenvalue weighted by molar-refractivity contribution is 0.0826. The second-order valence-electron chi connectivity index (χ2n) is 14.0. The van der Waals surface area contributed by atoms with Gasteiger partial charge in [0.25, 0.3) is 0 Å². The first-order chi connectivity index (χ1) is 26.2. The topological polar surface area (TPSA) is 185 Å². The van der Waals surface area contributed by atoms with Crippen molar-refractivity contribution >= 4 is 33.8 Å². The fourth-order valence-electron chi connectivity index (χ4n) is 7.26. The summed E-state index contributed by atoms with van der Waals surface area (Å²) in [5.74, 6) is -0.481. The number of nitrogens with zero attached hydrogens (tertiary/aromatic N) is 1. The van der Waals surface area contributed by atoms with Crippen LogP contribution >= 0.6 is 0 Å². The first kappa shape index (κ1) is 36.7. The maximum Gasteiger partial charge on any atom is 0.419 e. The van der Waals surface area contributed by atoms with Gasteiger partial charge in [0.05, 0.1) is 22.8 Å². The number of aryl methyl sites for hydroxylation is 2. The van der Waals surface area contributed by atoms with Crippen LogP contribution in [0.15, 0.2) is 105 Å². The maximum atomic E-state index is 13.0. The Balaban J connectivity index is 0.945. The average molecular weight is 732 g/mol. The zero-order valence-corrected chi connectivity index (χ0v) is 29.9. The van der Waals surface area contributed by atoms with Crippen molar-refractivity contribution in [1.29, 1.82) is 0 Å². The highest BCUT2D eigenvalue weighted by atomic mass is 16.6. The van der Waals surface area contributed by atoms with Crippen LogP contribution in [0.2, 0.25) is 0 Å². The number of pyridine rings is 1. The highest BCUT2D eigenvalue weighted by Gasteiger charge is 2.22. The minimum Gasteiger partial charge on any atom is -0.506 e. The van der Waals surface area contributed by atoms with Crippen molar-refractivity contribution in [2.24, 2.45) is 5.73 Å². The normalized spacial score (nSPS) is 16.4. The molecule has 0 radical (unpaired) electrons. The number of H-pyrrole nitrogens is 1. The number of rotatable bonds is 13. The van der Waals surface area contributed by atoms with E-state index >= 15 is 0 Å². The van der Waals surface area contributed by atoms with E-state index in [1.54, 1.807) is 16.7 Å². The number of phenolic OH excluding ortho intramolecular Hbond substituents is 1. The molecule has 0 aliphatic heterocycles. The fourth-order valence-corrected chi connectivity index (χ4v) is 7.26. The van der Waals surface area contributed by atoms with Gasteiger partial charge in [0.1, 0.15) is 11.9 Å². The third-order valence-electron chi connectivity index (χ3n) is 10.2. The highest BCUT2D eigenvalue weighted by Crippen LogP contribution is 2.31. The van der Waals surface area contributed by atoms with E-state index in [1.807, 2.05) is 60.7 Å². The van der Waals surface area contributed by atoms with Crippen molar-refractivity contribution in [1.82, 2.24) is 14.9 Å². The molecule has 2 heterocycles. The van der Waals surface area contributed by atoms with Crippen LogP contribution in [0, 0.1) is 0 Å². The van der Waals surface area contributed by atoms with E-state index in [4.69, 9.17) is 14.9 Å². The molecule has 1 saturated carbocycles. The van der Waals surface area contributed by atoms with Gasteiger partial charge in [0.15, 0.2) is 5.58 Å². The van der Waals surface area contributed by atoms with E-state index in [-0.39, 0.29) is 35.5 Å². The SMILES string of the molecule is NC1CCC(OC(=O)Nc2cc(CCCCn3c(=O)oc4cc(CNC[C@@H](O)c5ccc(O)c6[nH]c(=O)ccc56)ccc43)ccc2-c2ccccc2)CC1. The van der Waals surface area contributed by atoms with Crippen molar-refractivity contribution in [2.75, 3.05) is 11.9 Å². The number of nitrogens with two attached hydrogens (primary N) is 1. The molecule has 7 rings (SSSR count). The first-order valence-electron chi connectivity index (χ1n) is 18.5. The van der Waals surface area contributed by atoms with E-state index in [0.717, 1.165) is 67.2 Å². The van der Waals surface area contributed by atoms with Crippen LogP contribution in [0.1, 0.15) is 61.3 Å². The minimum atomic E-state index is -0.894. The Kier molecular flexibility index (Phi) is 11.2. The molecule has 0 bridgehead atoms. The Hall–Kier alpha value is -5.69. The average Bonchev–Trinajstić information content (AvgIpc) is 3.48. The lowest BCUT2D eigenvalue weighted by Gasteiger charge is -2.26. The molecular weight excluding hydrogens is 686 g/mol. The third-order valence-corrected chi connectivity index (χ3v) is 10.2. The molecule has 1 fully saturated rings. The molecule has 0 spiro atoms. The molecule has 1 atom stereocenters. The van der Waals surface area contributed by atoms with Crippen molar-refractivity contribution in [3.63, 3.8) is 0 Å². The Labute approximate surface area is 311 Å². The number of aromatic amines is 1. The van der Waals surface area contributed by atoms with Crippen molar-refractivity contribution in [2.45, 2.75) is 76.3 Å². The molecule has 7 N–H and O–H groups in total. The monoisotopic (exact) mass is 731 g/mol. The fraction of sp³-hybridized carbons (Fsp3) is 0.310. The molecule has 0 saturated heterocycles. The number of amides is 1. The molecular formula is C42H45N5O7. The van der Waals surface area contributed by atoms with Gasteiger partial charge in [-0.25, -0.2) is 9.59 Å². The molecule has 1 aliphatic rings. The number of phenols is 1. The van der Waals surface area contributed by atoms with Gasteiger partial charge in [-0.1, -0.05) is 54.6 Å². The number of unbranched alkanes of at least 4 members (excludes halogenated alkanes) is 1. The quantitative estimate of drug-likeness (QED) is 0.0725. The number of carbonyl (C=O) groups is 1. The van der Waals surface area contributed by atoms with Crippen LogP contribution in [-0.2, 0) is 24.2 Å². The van der Waals surface area contributed by atoms with Crippen molar-refractivity contribution in [3.8, 4) is 16.9 Å². The largest absolute Gasteiger partial charge is 0.506 e. The number of hydrogen-bond donors (Lipinski definition) is 6. The van der Waals surface area contributed by atoms with Crippen LogP contribution in [0.3, 0.4) is 0 Å². The van der Waals surface area contributed by atoms with Gasteiger partial charge in [-0.15, -0.1) is 0 Å². The lowest BCUT2D eigenvalue weighted by Crippen LogP contribution is -2.32. The second kappa shape index (κ2) is 16.5. The number of hydrogen-bond acceptors (Lipinski definition) is 9. The summed E-state index contributed by atoms with van der Waals surface area (Å²) in [5, 5.41) is 27.8. The summed E-state index contributed by atoms with van der Waals surface area (Å²) >= 11 is 0. The van der Waals surface area contributed by atoms with Gasteiger partial charge in [0.2, 0.25) is 5.56 Å². The highest BCUT2D eigenvalue weighted by molar-refractivity contribution is 5.92. The number of aliphatic hydroxyl groups is 1. The maximum absolute atomic E-state index is 13.0. The van der Waals surface area contributed by atoms with E-state index in [1.165, 1.54) is 12.1 Å². The van der Waals surface area contributed by atoms with Crippen LogP contribution in [0.25, 0.3) is 33.1 Å². The predicted octanol–water partition coefficient (Wildman–Crippen LogP) is 6.47. The number of nitrogens with one attached hydrogen (secondary N) is 3.